The van der Waals surface area contributed by atoms with Crippen molar-refractivity contribution in [3.05, 3.63) is 68.6 Å². The van der Waals surface area contributed by atoms with Gasteiger partial charge < -0.3 is 24.1 Å². The van der Waals surface area contributed by atoms with Crippen LogP contribution >= 0.6 is 11.8 Å². The molecule has 0 fully saturated rings. The predicted octanol–water partition coefficient (Wildman–Crippen LogP) is 2.38. The van der Waals surface area contributed by atoms with Crippen molar-refractivity contribution in [2.45, 2.75) is 11.7 Å². The van der Waals surface area contributed by atoms with Gasteiger partial charge in [0, 0.05) is 37.5 Å². The first kappa shape index (κ1) is 26.8. The lowest BCUT2D eigenvalue weighted by Gasteiger charge is -2.14. The fourth-order valence-electron chi connectivity index (χ4n) is 3.96. The van der Waals surface area contributed by atoms with Crippen LogP contribution in [0.25, 0.3) is 11.2 Å². The van der Waals surface area contributed by atoms with Crippen LogP contribution in [-0.2, 0) is 25.4 Å². The van der Waals surface area contributed by atoms with Gasteiger partial charge in [0.05, 0.1) is 33.6 Å². The molecule has 0 saturated heterocycles. The second-order valence-corrected chi connectivity index (χ2v) is 9.14. The van der Waals surface area contributed by atoms with E-state index in [-0.39, 0.29) is 34.5 Å². The topological polar surface area (TPSA) is 119 Å². The van der Waals surface area contributed by atoms with E-state index in [9.17, 15) is 18.8 Å². The average molecular weight is 544 g/mol. The van der Waals surface area contributed by atoms with Crippen LogP contribution in [0.5, 0.6) is 17.2 Å². The van der Waals surface area contributed by atoms with Gasteiger partial charge in [0.15, 0.2) is 27.8 Å². The summed E-state index contributed by atoms with van der Waals surface area (Å²) in [6.07, 6.45) is 0. The number of carbonyl (C=O) groups is 1. The first-order chi connectivity index (χ1) is 18.2. The number of hydrogen-bond acceptors (Lipinski definition) is 8. The Morgan fingerprint density at radius 1 is 1.03 bits per heavy atom. The summed E-state index contributed by atoms with van der Waals surface area (Å²) in [6.45, 7) is -0.0204. The highest BCUT2D eigenvalue weighted by atomic mass is 32.2. The molecule has 0 saturated carbocycles. The number of methoxy groups -OCH3 is 3. The smallest absolute Gasteiger partial charge is 0.332 e. The summed E-state index contributed by atoms with van der Waals surface area (Å²) in [5.74, 6) is 0.210. The molecule has 0 radical (unpaired) electrons. The lowest BCUT2D eigenvalue weighted by Crippen LogP contribution is -2.37. The van der Waals surface area contributed by atoms with E-state index in [4.69, 9.17) is 14.2 Å². The van der Waals surface area contributed by atoms with E-state index in [0.29, 0.717) is 28.5 Å². The lowest BCUT2D eigenvalue weighted by molar-refractivity contribution is -0.113. The molecule has 1 amide bonds. The highest BCUT2D eigenvalue weighted by molar-refractivity contribution is 7.99. The maximum Gasteiger partial charge on any atom is 0.332 e. The van der Waals surface area contributed by atoms with Gasteiger partial charge >= 0.3 is 5.69 Å². The SMILES string of the molecule is COc1cc(NC(=O)CSc2nc3c(c(=O)n(C)c(=O)n3C)n2Cc2ccccc2F)cc(OC)c1OC. The number of amides is 1. The summed E-state index contributed by atoms with van der Waals surface area (Å²) in [5.41, 5.74) is -0.101. The van der Waals surface area contributed by atoms with Crippen LogP contribution in [0.4, 0.5) is 10.1 Å². The Morgan fingerprint density at radius 2 is 1.68 bits per heavy atom. The molecule has 1 N–H and O–H groups in total. The molecule has 4 rings (SSSR count). The molecule has 0 aliphatic heterocycles. The van der Waals surface area contributed by atoms with Crippen LogP contribution in [0.1, 0.15) is 5.56 Å². The van der Waals surface area contributed by atoms with Crippen molar-refractivity contribution in [2.75, 3.05) is 32.4 Å². The van der Waals surface area contributed by atoms with E-state index >= 15 is 0 Å². The third-order valence-corrected chi connectivity index (χ3v) is 6.86. The molecule has 2 heterocycles. The molecule has 0 unspecified atom stereocenters. The Hall–Kier alpha value is -4.26. The second kappa shape index (κ2) is 11.0. The second-order valence-electron chi connectivity index (χ2n) is 8.20. The molecule has 11 nitrogen and oxygen atoms in total. The van der Waals surface area contributed by atoms with E-state index in [1.54, 1.807) is 30.3 Å². The monoisotopic (exact) mass is 543 g/mol. The van der Waals surface area contributed by atoms with Crippen molar-refractivity contribution in [3.8, 4) is 17.2 Å². The molecular formula is C25H26FN5O6S. The number of anilines is 1. The molecule has 2 aromatic heterocycles. The van der Waals surface area contributed by atoms with Crippen LogP contribution in [-0.4, -0.2) is 51.7 Å². The first-order valence-electron chi connectivity index (χ1n) is 11.3. The highest BCUT2D eigenvalue weighted by Gasteiger charge is 2.21. The number of aryl methyl sites for hydroxylation is 1. The van der Waals surface area contributed by atoms with Crippen LogP contribution in [0.2, 0.25) is 0 Å². The number of fused-ring (bicyclic) bond motifs is 1. The third kappa shape index (κ3) is 4.96. The molecule has 0 bridgehead atoms. The lowest BCUT2D eigenvalue weighted by atomic mass is 10.2. The number of rotatable bonds is 9. The quantitative estimate of drug-likeness (QED) is 0.320. The normalized spacial score (nSPS) is 11.0. The average Bonchev–Trinajstić information content (AvgIpc) is 3.28. The number of nitrogens with zero attached hydrogens (tertiary/aromatic N) is 4. The van der Waals surface area contributed by atoms with Gasteiger partial charge in [0.1, 0.15) is 5.82 Å². The van der Waals surface area contributed by atoms with Gasteiger partial charge in [-0.3, -0.25) is 18.7 Å². The molecule has 0 spiro atoms. The molecule has 4 aromatic rings. The molecule has 38 heavy (non-hydrogen) atoms. The van der Waals surface area contributed by atoms with E-state index in [1.165, 1.54) is 50.6 Å². The summed E-state index contributed by atoms with van der Waals surface area (Å²) < 4.78 is 34.2. The molecule has 2 aromatic carbocycles. The molecule has 13 heteroatoms. The van der Waals surface area contributed by atoms with Crippen LogP contribution in [0.15, 0.2) is 51.1 Å². The zero-order valence-electron chi connectivity index (χ0n) is 21.4. The van der Waals surface area contributed by atoms with Crippen molar-refractivity contribution in [1.82, 2.24) is 18.7 Å². The molecule has 0 aliphatic rings. The predicted molar refractivity (Wildman–Crippen MR) is 141 cm³/mol. The maximum absolute atomic E-state index is 14.5. The van der Waals surface area contributed by atoms with E-state index in [2.05, 4.69) is 10.3 Å². The third-order valence-electron chi connectivity index (χ3n) is 5.88. The minimum Gasteiger partial charge on any atom is -0.493 e. The molecule has 0 aliphatic carbocycles. The van der Waals surface area contributed by atoms with Crippen molar-refractivity contribution in [3.63, 3.8) is 0 Å². The molecular weight excluding hydrogens is 517 g/mol. The van der Waals surface area contributed by atoms with Crippen LogP contribution in [0, 0.1) is 5.82 Å². The minimum absolute atomic E-state index is 0.0204. The summed E-state index contributed by atoms with van der Waals surface area (Å²) in [6, 6.07) is 9.35. The largest absolute Gasteiger partial charge is 0.493 e. The van der Waals surface area contributed by atoms with Crippen molar-refractivity contribution in [1.29, 1.82) is 0 Å². The minimum atomic E-state index is -0.569. The summed E-state index contributed by atoms with van der Waals surface area (Å²) in [5, 5.41) is 3.05. The number of halogens is 1. The van der Waals surface area contributed by atoms with E-state index in [0.717, 1.165) is 16.3 Å². The first-order valence-corrected chi connectivity index (χ1v) is 12.3. The van der Waals surface area contributed by atoms with Crippen molar-refractivity contribution in [2.24, 2.45) is 14.1 Å². The van der Waals surface area contributed by atoms with Gasteiger partial charge in [0.2, 0.25) is 11.7 Å². The summed E-state index contributed by atoms with van der Waals surface area (Å²) in [4.78, 5) is 42.8. The van der Waals surface area contributed by atoms with Gasteiger partial charge in [-0.1, -0.05) is 30.0 Å². The fraction of sp³-hybridized carbons (Fsp3) is 0.280. The molecule has 0 atom stereocenters. The molecule has 200 valence electrons. The number of hydrogen-bond donors (Lipinski definition) is 1. The van der Waals surface area contributed by atoms with Crippen molar-refractivity contribution >= 4 is 34.5 Å². The number of aromatic nitrogens is 4. The Bertz CT molecular complexity index is 1620. The van der Waals surface area contributed by atoms with Crippen LogP contribution in [0.3, 0.4) is 0 Å². The van der Waals surface area contributed by atoms with Crippen LogP contribution < -0.4 is 30.8 Å². The van der Waals surface area contributed by atoms with E-state index < -0.39 is 17.1 Å². The summed E-state index contributed by atoms with van der Waals surface area (Å²) in [7, 11) is 7.27. The fourth-order valence-corrected chi connectivity index (χ4v) is 4.76. The zero-order valence-corrected chi connectivity index (χ0v) is 22.2. The zero-order chi connectivity index (χ0) is 27.6. The summed E-state index contributed by atoms with van der Waals surface area (Å²) >= 11 is 1.05. The number of thioether (sulfide) groups is 1. The number of carbonyl (C=O) groups excluding carboxylic acids is 1. The Labute approximate surface area is 220 Å². The van der Waals surface area contributed by atoms with Gasteiger partial charge in [-0.2, -0.15) is 0 Å². The van der Waals surface area contributed by atoms with Gasteiger partial charge in [-0.15, -0.1) is 0 Å². The Kier molecular flexibility index (Phi) is 7.76. The van der Waals surface area contributed by atoms with Crippen molar-refractivity contribution < 1.29 is 23.4 Å². The highest BCUT2D eigenvalue weighted by Crippen LogP contribution is 2.40. The number of benzene rings is 2. The van der Waals surface area contributed by atoms with E-state index in [1.807, 2.05) is 0 Å². The van der Waals surface area contributed by atoms with Gasteiger partial charge in [0.25, 0.3) is 5.56 Å². The van der Waals surface area contributed by atoms with Gasteiger partial charge in [-0.05, 0) is 6.07 Å². The number of imidazole rings is 1. The Morgan fingerprint density at radius 3 is 2.29 bits per heavy atom. The maximum atomic E-state index is 14.5. The Balaban J connectivity index is 1.67. The number of ether oxygens (including phenoxy) is 3. The van der Waals surface area contributed by atoms with Gasteiger partial charge in [-0.25, -0.2) is 14.2 Å². The standard InChI is InChI=1S/C25H26FN5O6S/c1-29-22-20(23(33)30(2)25(29)34)31(12-14-8-6-7-9-16(14)26)24(28-22)38-13-19(32)27-15-10-17(35-3)21(37-5)18(11-15)36-4/h6-11H,12-13H2,1-5H3,(H,27,32). The number of nitrogens with one attached hydrogen (secondary N) is 1.